The van der Waals surface area contributed by atoms with Crippen LogP contribution in [0.1, 0.15) is 18.4 Å². The maximum atomic E-state index is 5.94. The third-order valence-electron chi connectivity index (χ3n) is 2.92. The zero-order valence-electron chi connectivity index (χ0n) is 8.85. The van der Waals surface area contributed by atoms with E-state index in [0.29, 0.717) is 15.4 Å². The van der Waals surface area contributed by atoms with Crippen molar-refractivity contribution in [3.63, 3.8) is 0 Å². The van der Waals surface area contributed by atoms with Crippen molar-refractivity contribution in [2.75, 3.05) is 6.54 Å². The summed E-state index contributed by atoms with van der Waals surface area (Å²) in [5.41, 5.74) is 1.16. The summed E-state index contributed by atoms with van der Waals surface area (Å²) in [7, 11) is 0. The molecular formula is C12H14Cl3N. The third kappa shape index (κ3) is 3.27. The monoisotopic (exact) mass is 277 g/mol. The molecule has 2 rings (SSSR count). The van der Waals surface area contributed by atoms with Crippen LogP contribution in [0.4, 0.5) is 0 Å². The maximum Gasteiger partial charge on any atom is 0.0595 e. The first-order valence-corrected chi connectivity index (χ1v) is 6.63. The van der Waals surface area contributed by atoms with Gasteiger partial charge in [0.15, 0.2) is 0 Å². The molecule has 16 heavy (non-hydrogen) atoms. The zero-order valence-corrected chi connectivity index (χ0v) is 11.1. The van der Waals surface area contributed by atoms with Crippen molar-refractivity contribution in [3.8, 4) is 0 Å². The van der Waals surface area contributed by atoms with Gasteiger partial charge in [0.05, 0.1) is 10.0 Å². The lowest BCUT2D eigenvalue weighted by molar-refractivity contribution is 0.308. The summed E-state index contributed by atoms with van der Waals surface area (Å²) in [6, 6.07) is 5.73. The smallest absolute Gasteiger partial charge is 0.0595 e. The van der Waals surface area contributed by atoms with Gasteiger partial charge in [-0.1, -0.05) is 29.3 Å². The highest BCUT2D eigenvalue weighted by Crippen LogP contribution is 2.31. The fourth-order valence-corrected chi connectivity index (χ4v) is 2.72. The lowest BCUT2D eigenvalue weighted by atomic mass is 9.85. The van der Waals surface area contributed by atoms with Crippen LogP contribution in [-0.2, 0) is 6.54 Å². The molecule has 0 spiro atoms. The fourth-order valence-electron chi connectivity index (χ4n) is 1.89. The topological polar surface area (TPSA) is 12.0 Å². The minimum Gasteiger partial charge on any atom is -0.312 e. The molecule has 88 valence electrons. The first-order valence-electron chi connectivity index (χ1n) is 5.44. The van der Waals surface area contributed by atoms with Gasteiger partial charge < -0.3 is 5.32 Å². The molecule has 1 aliphatic rings. The molecule has 1 N–H and O–H groups in total. The van der Waals surface area contributed by atoms with Crippen LogP contribution in [0.2, 0.25) is 10.0 Å². The van der Waals surface area contributed by atoms with Crippen LogP contribution in [0, 0.1) is 5.92 Å². The van der Waals surface area contributed by atoms with Crippen LogP contribution in [0.3, 0.4) is 0 Å². The molecule has 1 aliphatic carbocycles. The van der Waals surface area contributed by atoms with Crippen molar-refractivity contribution in [2.45, 2.75) is 24.8 Å². The Morgan fingerprint density at radius 1 is 1.19 bits per heavy atom. The van der Waals surface area contributed by atoms with E-state index in [9.17, 15) is 0 Å². The molecule has 0 amide bonds. The van der Waals surface area contributed by atoms with Gasteiger partial charge in [0.1, 0.15) is 0 Å². The second-order valence-corrected chi connectivity index (χ2v) is 5.75. The van der Waals surface area contributed by atoms with Gasteiger partial charge in [-0.25, -0.2) is 0 Å². The Hall–Kier alpha value is 0.0500. The number of hydrogen-bond donors (Lipinski definition) is 1. The standard InChI is InChI=1S/C12H14Cl3N/c13-10-3-9(4-10)7-16-6-8-1-2-11(14)12(15)5-8/h1-2,5,9-10,16H,3-4,6-7H2. The highest BCUT2D eigenvalue weighted by molar-refractivity contribution is 6.42. The van der Waals surface area contributed by atoms with Crippen LogP contribution in [0.5, 0.6) is 0 Å². The van der Waals surface area contributed by atoms with E-state index in [4.69, 9.17) is 34.8 Å². The Kier molecular flexibility index (Phi) is 4.37. The predicted molar refractivity (Wildman–Crippen MR) is 70.5 cm³/mol. The zero-order chi connectivity index (χ0) is 11.5. The molecule has 0 aromatic heterocycles. The van der Waals surface area contributed by atoms with Crippen molar-refractivity contribution in [2.24, 2.45) is 5.92 Å². The third-order valence-corrected chi connectivity index (χ3v) is 4.02. The number of rotatable bonds is 4. The van der Waals surface area contributed by atoms with Crippen LogP contribution < -0.4 is 5.32 Å². The predicted octanol–water partition coefficient (Wildman–Crippen LogP) is 4.10. The number of hydrogen-bond acceptors (Lipinski definition) is 1. The Bertz CT molecular complexity index is 361. The molecule has 1 fully saturated rings. The van der Waals surface area contributed by atoms with Gasteiger partial charge in [0, 0.05) is 11.9 Å². The number of benzene rings is 1. The van der Waals surface area contributed by atoms with Crippen molar-refractivity contribution in [1.82, 2.24) is 5.32 Å². The van der Waals surface area contributed by atoms with E-state index in [-0.39, 0.29) is 0 Å². The van der Waals surface area contributed by atoms with Crippen molar-refractivity contribution >= 4 is 34.8 Å². The minimum absolute atomic E-state index is 0.400. The molecule has 1 nitrogen and oxygen atoms in total. The number of nitrogens with one attached hydrogen (secondary N) is 1. The molecule has 0 unspecified atom stereocenters. The summed E-state index contributed by atoms with van der Waals surface area (Å²) >= 11 is 17.7. The summed E-state index contributed by atoms with van der Waals surface area (Å²) in [6.45, 7) is 1.86. The van der Waals surface area contributed by atoms with Crippen LogP contribution >= 0.6 is 34.8 Å². The molecule has 0 bridgehead atoms. The van der Waals surface area contributed by atoms with Gasteiger partial charge in [-0.05, 0) is 43.0 Å². The quantitative estimate of drug-likeness (QED) is 0.818. The van der Waals surface area contributed by atoms with Gasteiger partial charge in [-0.2, -0.15) is 0 Å². The summed E-state index contributed by atoms with van der Waals surface area (Å²) in [4.78, 5) is 0. The van der Waals surface area contributed by atoms with Gasteiger partial charge >= 0.3 is 0 Å². The maximum absolute atomic E-state index is 5.94. The second-order valence-electron chi connectivity index (χ2n) is 4.31. The largest absolute Gasteiger partial charge is 0.312 e. The highest BCUT2D eigenvalue weighted by atomic mass is 35.5. The highest BCUT2D eigenvalue weighted by Gasteiger charge is 2.26. The van der Waals surface area contributed by atoms with Gasteiger partial charge in [-0.15, -0.1) is 11.6 Å². The van der Waals surface area contributed by atoms with Crippen LogP contribution in [-0.4, -0.2) is 11.9 Å². The van der Waals surface area contributed by atoms with E-state index < -0.39 is 0 Å². The van der Waals surface area contributed by atoms with E-state index >= 15 is 0 Å². The molecule has 1 saturated carbocycles. The molecule has 4 heteroatoms. The van der Waals surface area contributed by atoms with E-state index in [1.165, 1.54) is 0 Å². The van der Waals surface area contributed by atoms with Crippen LogP contribution in [0.15, 0.2) is 18.2 Å². The molecule has 1 aromatic carbocycles. The Morgan fingerprint density at radius 3 is 2.56 bits per heavy atom. The first-order chi connectivity index (χ1) is 7.65. The number of halogens is 3. The summed E-state index contributed by atoms with van der Waals surface area (Å²) in [5, 5.41) is 5.03. The lowest BCUT2D eigenvalue weighted by Crippen LogP contribution is -2.33. The molecule has 1 aromatic rings. The van der Waals surface area contributed by atoms with E-state index in [2.05, 4.69) is 5.32 Å². The number of alkyl halides is 1. The van der Waals surface area contributed by atoms with Crippen molar-refractivity contribution < 1.29 is 0 Å². The second kappa shape index (κ2) is 5.59. The summed E-state index contributed by atoms with van der Waals surface area (Å²) in [6.07, 6.45) is 2.27. The Labute approximate surface area is 111 Å². The molecule has 0 heterocycles. The van der Waals surface area contributed by atoms with E-state index in [1.807, 2.05) is 18.2 Å². The first kappa shape index (κ1) is 12.5. The van der Waals surface area contributed by atoms with Crippen molar-refractivity contribution in [3.05, 3.63) is 33.8 Å². The fraction of sp³-hybridized carbons (Fsp3) is 0.500. The van der Waals surface area contributed by atoms with Gasteiger partial charge in [-0.3, -0.25) is 0 Å². The summed E-state index contributed by atoms with van der Waals surface area (Å²) in [5.74, 6) is 0.741. The normalized spacial score (nSPS) is 24.2. The van der Waals surface area contributed by atoms with Crippen LogP contribution in [0.25, 0.3) is 0 Å². The van der Waals surface area contributed by atoms with Crippen molar-refractivity contribution in [1.29, 1.82) is 0 Å². The van der Waals surface area contributed by atoms with E-state index in [1.54, 1.807) is 0 Å². The SMILES string of the molecule is Clc1ccc(CNCC2CC(Cl)C2)cc1Cl. The Morgan fingerprint density at radius 2 is 1.94 bits per heavy atom. The minimum atomic E-state index is 0.400. The van der Waals surface area contributed by atoms with Gasteiger partial charge in [0.2, 0.25) is 0 Å². The average Bonchev–Trinajstić information content (AvgIpc) is 2.21. The molecule has 0 radical (unpaired) electrons. The molecule has 0 saturated heterocycles. The average molecular weight is 279 g/mol. The molecule has 0 atom stereocenters. The molecular weight excluding hydrogens is 264 g/mol. The van der Waals surface area contributed by atoms with Gasteiger partial charge in [0.25, 0.3) is 0 Å². The summed E-state index contributed by atoms with van der Waals surface area (Å²) < 4.78 is 0. The Balaban J connectivity index is 1.74. The molecule has 0 aliphatic heterocycles. The lowest BCUT2D eigenvalue weighted by Gasteiger charge is -2.31. The van der Waals surface area contributed by atoms with E-state index in [0.717, 1.165) is 37.4 Å².